The summed E-state index contributed by atoms with van der Waals surface area (Å²) < 4.78 is -0.251. The van der Waals surface area contributed by atoms with Crippen LogP contribution < -0.4 is 0 Å². The van der Waals surface area contributed by atoms with Crippen LogP contribution in [0.25, 0.3) is 11.3 Å². The van der Waals surface area contributed by atoms with E-state index in [0.717, 1.165) is 11.5 Å². The fourth-order valence-electron chi connectivity index (χ4n) is 2.45. The first-order valence-corrected chi connectivity index (χ1v) is 7.43. The summed E-state index contributed by atoms with van der Waals surface area (Å²) in [7, 11) is 0. The van der Waals surface area contributed by atoms with E-state index in [-0.39, 0.29) is 10.2 Å². The van der Waals surface area contributed by atoms with Gasteiger partial charge < -0.3 is 4.98 Å². The number of H-pyrrole nitrogens is 1. The Hall–Kier alpha value is -1.22. The number of aromatic nitrogens is 2. The van der Waals surface area contributed by atoms with E-state index in [1.165, 1.54) is 16.7 Å². The molecule has 0 saturated heterocycles. The normalized spacial score (nSPS) is 12.8. The van der Waals surface area contributed by atoms with E-state index in [1.54, 1.807) is 0 Å². The number of benzene rings is 1. The predicted octanol–water partition coefficient (Wildman–Crippen LogP) is 4.85. The zero-order valence-corrected chi connectivity index (χ0v) is 14.1. The molecule has 0 bridgehead atoms. The maximum atomic E-state index is 4.55. The molecule has 20 heavy (non-hydrogen) atoms. The number of nitrogens with zero attached hydrogens (tertiary/aromatic N) is 1. The Kier molecular flexibility index (Phi) is 3.76. The van der Waals surface area contributed by atoms with Crippen LogP contribution in [-0.4, -0.2) is 9.97 Å². The molecule has 2 rings (SSSR count). The highest BCUT2D eigenvalue weighted by molar-refractivity contribution is 7.81. The highest BCUT2D eigenvalue weighted by Gasteiger charge is 2.20. The molecule has 2 aromatic rings. The maximum absolute atomic E-state index is 4.55. The first-order valence-electron chi connectivity index (χ1n) is 6.98. The summed E-state index contributed by atoms with van der Waals surface area (Å²) in [6.07, 6.45) is 1.89. The van der Waals surface area contributed by atoms with Crippen molar-refractivity contribution in [1.29, 1.82) is 0 Å². The number of hydrogen-bond donors (Lipinski definition) is 2. The molecule has 1 aromatic heterocycles. The second kappa shape index (κ2) is 4.96. The van der Waals surface area contributed by atoms with Crippen molar-refractivity contribution in [3.05, 3.63) is 41.3 Å². The topological polar surface area (TPSA) is 28.7 Å². The van der Waals surface area contributed by atoms with Crippen LogP contribution in [0.4, 0.5) is 0 Å². The van der Waals surface area contributed by atoms with Gasteiger partial charge in [-0.2, -0.15) is 12.6 Å². The van der Waals surface area contributed by atoms with Crippen molar-refractivity contribution in [3.63, 3.8) is 0 Å². The maximum Gasteiger partial charge on any atom is 0.121 e. The van der Waals surface area contributed by atoms with Gasteiger partial charge in [-0.1, -0.05) is 32.9 Å². The van der Waals surface area contributed by atoms with Crippen LogP contribution in [0, 0.1) is 6.92 Å². The lowest BCUT2D eigenvalue weighted by atomic mass is 9.83. The van der Waals surface area contributed by atoms with Crippen molar-refractivity contribution < 1.29 is 0 Å². The largest absolute Gasteiger partial charge is 0.341 e. The summed E-state index contributed by atoms with van der Waals surface area (Å²) in [5.41, 5.74) is 5.10. The van der Waals surface area contributed by atoms with E-state index in [2.05, 4.69) is 68.5 Å². The van der Waals surface area contributed by atoms with E-state index >= 15 is 0 Å². The summed E-state index contributed by atoms with van der Waals surface area (Å²) in [4.78, 5) is 7.80. The molecule has 0 aliphatic heterocycles. The van der Waals surface area contributed by atoms with Crippen LogP contribution in [-0.2, 0) is 10.2 Å². The number of hydrogen-bond acceptors (Lipinski definition) is 2. The van der Waals surface area contributed by atoms with Gasteiger partial charge >= 0.3 is 0 Å². The molecule has 0 fully saturated rings. The van der Waals surface area contributed by atoms with Crippen LogP contribution in [0.5, 0.6) is 0 Å². The molecule has 0 saturated carbocycles. The minimum atomic E-state index is -0.251. The lowest BCUT2D eigenvalue weighted by Gasteiger charge is -2.22. The Balaban J connectivity index is 2.40. The van der Waals surface area contributed by atoms with E-state index in [1.807, 2.05) is 20.0 Å². The van der Waals surface area contributed by atoms with E-state index < -0.39 is 0 Å². The highest BCUT2D eigenvalue weighted by atomic mass is 32.1. The number of rotatable bonds is 2. The van der Waals surface area contributed by atoms with Gasteiger partial charge in [0.2, 0.25) is 0 Å². The second-order valence-electron chi connectivity index (χ2n) is 6.98. The molecule has 0 aliphatic rings. The number of aromatic amines is 1. The number of thiol groups is 1. The van der Waals surface area contributed by atoms with Gasteiger partial charge in [0, 0.05) is 0 Å². The van der Waals surface area contributed by atoms with Crippen LogP contribution >= 0.6 is 12.6 Å². The van der Waals surface area contributed by atoms with Crippen molar-refractivity contribution in [3.8, 4) is 11.3 Å². The van der Waals surface area contributed by atoms with Crippen molar-refractivity contribution in [2.75, 3.05) is 0 Å². The highest BCUT2D eigenvalue weighted by Crippen LogP contribution is 2.30. The summed E-state index contributed by atoms with van der Waals surface area (Å²) >= 11 is 4.55. The van der Waals surface area contributed by atoms with Crippen LogP contribution in [0.1, 0.15) is 51.6 Å². The van der Waals surface area contributed by atoms with Gasteiger partial charge in [0.15, 0.2) is 0 Å². The zero-order valence-electron chi connectivity index (χ0n) is 13.2. The quantitative estimate of drug-likeness (QED) is 0.760. The first-order chi connectivity index (χ1) is 9.09. The van der Waals surface area contributed by atoms with Gasteiger partial charge in [-0.15, -0.1) is 0 Å². The molecule has 0 amide bonds. The Morgan fingerprint density at radius 2 is 1.75 bits per heavy atom. The molecule has 0 aliphatic carbocycles. The van der Waals surface area contributed by atoms with Gasteiger partial charge in [0.05, 0.1) is 16.6 Å². The molecule has 0 unspecified atom stereocenters. The average Bonchev–Trinajstić information content (AvgIpc) is 2.75. The van der Waals surface area contributed by atoms with Gasteiger partial charge in [-0.3, -0.25) is 0 Å². The summed E-state index contributed by atoms with van der Waals surface area (Å²) in [6, 6.07) is 6.61. The summed E-state index contributed by atoms with van der Waals surface area (Å²) in [5, 5.41) is 0. The minimum Gasteiger partial charge on any atom is -0.341 e. The minimum absolute atomic E-state index is 0.175. The fourth-order valence-corrected chi connectivity index (χ4v) is 2.57. The Morgan fingerprint density at radius 1 is 1.10 bits per heavy atom. The Labute approximate surface area is 127 Å². The van der Waals surface area contributed by atoms with Crippen molar-refractivity contribution in [2.45, 2.75) is 51.7 Å². The number of aryl methyl sites for hydroxylation is 1. The van der Waals surface area contributed by atoms with Gasteiger partial charge in [0.1, 0.15) is 5.82 Å². The summed E-state index contributed by atoms with van der Waals surface area (Å²) in [5.74, 6) is 0.897. The van der Waals surface area contributed by atoms with Gasteiger partial charge in [-0.05, 0) is 48.9 Å². The molecule has 108 valence electrons. The average molecular weight is 288 g/mol. The lowest BCUT2D eigenvalue weighted by molar-refractivity contribution is 0.586. The van der Waals surface area contributed by atoms with Gasteiger partial charge in [-0.25, -0.2) is 4.98 Å². The molecule has 0 spiro atoms. The second-order valence-corrected chi connectivity index (χ2v) is 8.10. The SMILES string of the molecule is Cc1cc(-c2cnc(C(C)(C)S)[nH]2)ccc1C(C)(C)C. The predicted molar refractivity (Wildman–Crippen MR) is 89.5 cm³/mol. The van der Waals surface area contributed by atoms with Crippen LogP contribution in [0.3, 0.4) is 0 Å². The third-order valence-electron chi connectivity index (χ3n) is 3.50. The summed E-state index contributed by atoms with van der Waals surface area (Å²) in [6.45, 7) is 13.0. The van der Waals surface area contributed by atoms with E-state index in [9.17, 15) is 0 Å². The van der Waals surface area contributed by atoms with E-state index in [4.69, 9.17) is 0 Å². The Bertz CT molecular complexity index is 613. The van der Waals surface area contributed by atoms with Crippen LogP contribution in [0.15, 0.2) is 24.4 Å². The van der Waals surface area contributed by atoms with Gasteiger partial charge in [0.25, 0.3) is 0 Å². The zero-order chi connectivity index (χ0) is 15.1. The number of nitrogens with one attached hydrogen (secondary N) is 1. The smallest absolute Gasteiger partial charge is 0.121 e. The van der Waals surface area contributed by atoms with Crippen molar-refractivity contribution in [1.82, 2.24) is 9.97 Å². The first kappa shape index (κ1) is 15.2. The third kappa shape index (κ3) is 3.09. The molecule has 1 N–H and O–H groups in total. The molecule has 2 nitrogen and oxygen atoms in total. The van der Waals surface area contributed by atoms with Crippen molar-refractivity contribution in [2.24, 2.45) is 0 Å². The molecule has 0 atom stereocenters. The lowest BCUT2D eigenvalue weighted by Crippen LogP contribution is -2.12. The molecule has 1 aromatic carbocycles. The molecule has 3 heteroatoms. The molecular formula is C17H24N2S. The Morgan fingerprint density at radius 3 is 2.20 bits per heavy atom. The monoisotopic (exact) mass is 288 g/mol. The van der Waals surface area contributed by atoms with Crippen molar-refractivity contribution >= 4 is 12.6 Å². The van der Waals surface area contributed by atoms with Crippen LogP contribution in [0.2, 0.25) is 0 Å². The third-order valence-corrected chi connectivity index (χ3v) is 3.71. The van der Waals surface area contributed by atoms with E-state index in [0.29, 0.717) is 0 Å². The standard InChI is InChI=1S/C17H24N2S/c1-11-9-12(7-8-13(11)16(2,3)4)14-10-18-15(19-14)17(5,6)20/h7-10,20H,1-6H3,(H,18,19). The molecular weight excluding hydrogens is 264 g/mol. The molecule has 1 heterocycles. The number of imidazole rings is 1. The fraction of sp³-hybridized carbons (Fsp3) is 0.471. The molecule has 0 radical (unpaired) electrons.